The molecule has 0 saturated carbocycles. The highest BCUT2D eigenvalue weighted by atomic mass is 32.2. The third kappa shape index (κ3) is 8.14. The topological polar surface area (TPSA) is 86.8 Å². The van der Waals surface area contributed by atoms with Gasteiger partial charge in [-0.1, -0.05) is 90.5 Å². The van der Waals surface area contributed by atoms with E-state index in [-0.39, 0.29) is 29.8 Å². The lowest BCUT2D eigenvalue weighted by molar-refractivity contribution is -0.140. The highest BCUT2D eigenvalue weighted by Gasteiger charge is 2.35. The van der Waals surface area contributed by atoms with Crippen molar-refractivity contribution in [2.45, 2.75) is 64.6 Å². The van der Waals surface area contributed by atoms with Gasteiger partial charge in [0.1, 0.15) is 12.6 Å². The molecule has 0 unspecified atom stereocenters. The quantitative estimate of drug-likeness (QED) is 0.214. The van der Waals surface area contributed by atoms with Crippen molar-refractivity contribution in [2.75, 3.05) is 10.8 Å². The minimum absolute atomic E-state index is 0.0809. The molecule has 0 aliphatic heterocycles. The van der Waals surface area contributed by atoms with Crippen molar-refractivity contribution in [1.82, 2.24) is 10.2 Å². The van der Waals surface area contributed by atoms with Crippen LogP contribution in [-0.4, -0.2) is 43.8 Å². The number of nitrogens with zero attached hydrogens (tertiary/aromatic N) is 2. The highest BCUT2D eigenvalue weighted by Crippen LogP contribution is 2.29. The van der Waals surface area contributed by atoms with Gasteiger partial charge in [-0.2, -0.15) is 0 Å². The molecule has 0 bridgehead atoms. The van der Waals surface area contributed by atoms with E-state index in [0.717, 1.165) is 22.3 Å². The van der Waals surface area contributed by atoms with E-state index in [2.05, 4.69) is 5.32 Å². The van der Waals surface area contributed by atoms with E-state index in [0.29, 0.717) is 11.3 Å². The monoisotopic (exact) mass is 611 g/mol. The second-order valence-corrected chi connectivity index (χ2v) is 13.4. The van der Waals surface area contributed by atoms with Crippen molar-refractivity contribution in [3.05, 3.63) is 131 Å². The molecule has 8 heteroatoms. The summed E-state index contributed by atoms with van der Waals surface area (Å²) in [5.74, 6) is -0.777. The minimum Gasteiger partial charge on any atom is -0.352 e. The van der Waals surface area contributed by atoms with Gasteiger partial charge in [0, 0.05) is 19.0 Å². The highest BCUT2D eigenvalue weighted by molar-refractivity contribution is 7.92. The van der Waals surface area contributed by atoms with Gasteiger partial charge in [0.15, 0.2) is 0 Å². The lowest BCUT2D eigenvalue weighted by atomic mass is 10.0. The third-order valence-electron chi connectivity index (χ3n) is 7.38. The summed E-state index contributed by atoms with van der Waals surface area (Å²) >= 11 is 0. The van der Waals surface area contributed by atoms with Gasteiger partial charge in [-0.25, -0.2) is 8.42 Å². The molecule has 0 fully saturated rings. The number of rotatable bonds is 12. The molecule has 0 saturated heterocycles. The molecule has 0 spiro atoms. The van der Waals surface area contributed by atoms with Crippen molar-refractivity contribution in [3.63, 3.8) is 0 Å². The number of nitrogens with one attached hydrogen (secondary N) is 1. The van der Waals surface area contributed by atoms with Crippen LogP contribution in [0, 0.1) is 20.8 Å². The Labute approximate surface area is 261 Å². The van der Waals surface area contributed by atoms with E-state index in [4.69, 9.17) is 0 Å². The summed E-state index contributed by atoms with van der Waals surface area (Å²) in [7, 11) is -4.14. The van der Waals surface area contributed by atoms with Crippen LogP contribution >= 0.6 is 0 Å². The van der Waals surface area contributed by atoms with Crippen LogP contribution < -0.4 is 9.62 Å². The Morgan fingerprint density at radius 3 is 2.00 bits per heavy atom. The molecule has 0 aliphatic carbocycles. The van der Waals surface area contributed by atoms with Gasteiger partial charge in [-0.15, -0.1) is 0 Å². The summed E-state index contributed by atoms with van der Waals surface area (Å²) in [5.41, 5.74) is 4.75. The fourth-order valence-corrected chi connectivity index (χ4v) is 6.65. The number of anilines is 1. The zero-order valence-electron chi connectivity index (χ0n) is 26.0. The standard InChI is InChI=1S/C36H41N3O4S/c1-26(2)37-36(41)34(23-30-14-8-6-9-15-30)38(24-31-16-12-13-27(3)21-31)35(40)25-39(33-22-28(4)19-20-29(33)5)44(42,43)32-17-10-7-11-18-32/h6-22,26,34H,23-25H2,1-5H3,(H,37,41)/t34-/m1/s1. The Hall–Kier alpha value is -4.43. The Morgan fingerprint density at radius 2 is 1.36 bits per heavy atom. The predicted molar refractivity (Wildman–Crippen MR) is 176 cm³/mol. The average Bonchev–Trinajstić information content (AvgIpc) is 2.99. The van der Waals surface area contributed by atoms with Gasteiger partial charge in [0.25, 0.3) is 10.0 Å². The molecular weight excluding hydrogens is 570 g/mol. The van der Waals surface area contributed by atoms with E-state index >= 15 is 0 Å². The van der Waals surface area contributed by atoms with Gasteiger partial charge < -0.3 is 10.2 Å². The van der Waals surface area contributed by atoms with Crippen molar-refractivity contribution in [3.8, 4) is 0 Å². The Bertz CT molecular complexity index is 1690. The van der Waals surface area contributed by atoms with Crippen molar-refractivity contribution in [1.29, 1.82) is 0 Å². The summed E-state index contributed by atoms with van der Waals surface area (Å²) in [4.78, 5) is 30.0. The van der Waals surface area contributed by atoms with Crippen molar-refractivity contribution >= 4 is 27.5 Å². The molecule has 0 aliphatic rings. The summed E-state index contributed by atoms with van der Waals surface area (Å²) in [6.45, 7) is 9.08. The molecule has 7 nitrogen and oxygen atoms in total. The maximum Gasteiger partial charge on any atom is 0.264 e. The minimum atomic E-state index is -4.14. The zero-order valence-corrected chi connectivity index (χ0v) is 26.8. The molecular formula is C36H41N3O4S. The lowest BCUT2D eigenvalue weighted by Crippen LogP contribution is -2.54. The van der Waals surface area contributed by atoms with Crippen molar-refractivity contribution in [2.24, 2.45) is 0 Å². The number of hydrogen-bond donors (Lipinski definition) is 1. The molecule has 4 aromatic carbocycles. The second-order valence-electron chi connectivity index (χ2n) is 11.5. The molecule has 230 valence electrons. The number of sulfonamides is 1. The lowest BCUT2D eigenvalue weighted by Gasteiger charge is -2.34. The van der Waals surface area contributed by atoms with E-state index in [1.807, 2.05) is 101 Å². The average molecular weight is 612 g/mol. The summed E-state index contributed by atoms with van der Waals surface area (Å²) < 4.78 is 29.5. The molecule has 4 aromatic rings. The molecule has 1 atom stereocenters. The Kier molecular flexibility index (Phi) is 10.6. The number of aryl methyl sites for hydroxylation is 3. The van der Waals surface area contributed by atoms with Crippen LogP contribution in [0.15, 0.2) is 108 Å². The Balaban J connectivity index is 1.83. The van der Waals surface area contributed by atoms with Crippen LogP contribution in [-0.2, 0) is 32.6 Å². The van der Waals surface area contributed by atoms with Crippen LogP contribution in [0.1, 0.15) is 41.7 Å². The summed E-state index contributed by atoms with van der Waals surface area (Å²) in [6, 6.07) is 29.9. The first-order valence-electron chi connectivity index (χ1n) is 14.8. The normalized spacial score (nSPS) is 12.0. The van der Waals surface area contributed by atoms with Crippen LogP contribution in [0.5, 0.6) is 0 Å². The number of carbonyl (C=O) groups is 2. The van der Waals surface area contributed by atoms with E-state index < -0.39 is 28.5 Å². The Morgan fingerprint density at radius 1 is 0.750 bits per heavy atom. The molecule has 0 heterocycles. The fourth-order valence-electron chi connectivity index (χ4n) is 5.16. The number of carbonyl (C=O) groups excluding carboxylic acids is 2. The van der Waals surface area contributed by atoms with E-state index in [1.165, 1.54) is 21.3 Å². The SMILES string of the molecule is Cc1cccc(CN(C(=O)CN(c2cc(C)ccc2C)S(=O)(=O)c2ccccc2)[C@H](Cc2ccccc2)C(=O)NC(C)C)c1. The number of hydrogen-bond acceptors (Lipinski definition) is 4. The molecule has 1 N–H and O–H groups in total. The first-order valence-corrected chi connectivity index (χ1v) is 16.2. The second kappa shape index (κ2) is 14.4. The van der Waals surface area contributed by atoms with Crippen LogP contribution in [0.2, 0.25) is 0 Å². The summed E-state index contributed by atoms with van der Waals surface area (Å²) in [6.07, 6.45) is 0.270. The first-order chi connectivity index (χ1) is 21.0. The largest absolute Gasteiger partial charge is 0.352 e. The van der Waals surface area contributed by atoms with Crippen LogP contribution in [0.25, 0.3) is 0 Å². The predicted octanol–water partition coefficient (Wildman–Crippen LogP) is 5.97. The molecule has 2 amide bonds. The maximum atomic E-state index is 14.6. The van der Waals surface area contributed by atoms with E-state index in [1.54, 1.807) is 24.3 Å². The van der Waals surface area contributed by atoms with Gasteiger partial charge in [0.2, 0.25) is 11.8 Å². The van der Waals surface area contributed by atoms with Gasteiger partial charge in [0.05, 0.1) is 10.6 Å². The third-order valence-corrected chi connectivity index (χ3v) is 9.15. The molecule has 0 radical (unpaired) electrons. The molecule has 4 rings (SSSR count). The van der Waals surface area contributed by atoms with Crippen molar-refractivity contribution < 1.29 is 18.0 Å². The molecule has 0 aromatic heterocycles. The number of amides is 2. The molecule has 44 heavy (non-hydrogen) atoms. The summed E-state index contributed by atoms with van der Waals surface area (Å²) in [5, 5.41) is 2.99. The van der Waals surface area contributed by atoms with Crippen LogP contribution in [0.3, 0.4) is 0 Å². The van der Waals surface area contributed by atoms with Gasteiger partial charge >= 0.3 is 0 Å². The van der Waals surface area contributed by atoms with Gasteiger partial charge in [-0.05, 0) is 75.1 Å². The zero-order chi connectivity index (χ0) is 31.9. The first kappa shape index (κ1) is 32.5. The van der Waals surface area contributed by atoms with E-state index in [9.17, 15) is 18.0 Å². The maximum absolute atomic E-state index is 14.6. The smallest absolute Gasteiger partial charge is 0.264 e. The van der Waals surface area contributed by atoms with Gasteiger partial charge in [-0.3, -0.25) is 13.9 Å². The fraction of sp³-hybridized carbons (Fsp3) is 0.278. The van der Waals surface area contributed by atoms with Crippen LogP contribution in [0.4, 0.5) is 5.69 Å². The number of benzene rings is 4.